The summed E-state index contributed by atoms with van der Waals surface area (Å²) in [5.74, 6) is 0.238. The van der Waals surface area contributed by atoms with Crippen LogP contribution in [-0.4, -0.2) is 30.0 Å². The van der Waals surface area contributed by atoms with Gasteiger partial charge < -0.3 is 10.3 Å². The van der Waals surface area contributed by atoms with Gasteiger partial charge in [0.05, 0.1) is 22.1 Å². The van der Waals surface area contributed by atoms with E-state index in [0.717, 1.165) is 42.3 Å². The van der Waals surface area contributed by atoms with Gasteiger partial charge in [-0.1, -0.05) is 12.1 Å². The van der Waals surface area contributed by atoms with Crippen molar-refractivity contribution in [3.05, 3.63) is 61.2 Å². The van der Waals surface area contributed by atoms with Crippen LogP contribution in [-0.2, 0) is 0 Å². The lowest BCUT2D eigenvalue weighted by Gasteiger charge is -2.03. The second-order valence-electron chi connectivity index (χ2n) is 6.61. The lowest BCUT2D eigenvalue weighted by molar-refractivity contribution is 0.213. The molecule has 5 heterocycles. The molecule has 6 nitrogen and oxygen atoms in total. The summed E-state index contributed by atoms with van der Waals surface area (Å²) < 4.78 is 2.20. The van der Waals surface area contributed by atoms with Gasteiger partial charge in [-0.2, -0.15) is 4.73 Å². The molecule has 28 heavy (non-hydrogen) atoms. The Balaban J connectivity index is 1.59. The van der Waals surface area contributed by atoms with Crippen molar-refractivity contribution < 1.29 is 10.3 Å². The van der Waals surface area contributed by atoms with Gasteiger partial charge >= 0.3 is 0 Å². The predicted molar refractivity (Wildman–Crippen MR) is 110 cm³/mol. The Hall–Kier alpha value is -3.71. The highest BCUT2D eigenvalue weighted by molar-refractivity contribution is 7.25. The quantitative estimate of drug-likeness (QED) is 0.392. The Morgan fingerprint density at radius 3 is 2.68 bits per heavy atom. The van der Waals surface area contributed by atoms with Gasteiger partial charge in [-0.15, -0.1) is 11.3 Å². The first-order chi connectivity index (χ1) is 13.7. The summed E-state index contributed by atoms with van der Waals surface area (Å²) in [5, 5.41) is 24.2. The topological polar surface area (TPSA) is 84.1 Å². The lowest BCUT2D eigenvalue weighted by atomic mass is 10.1. The first-order valence-corrected chi connectivity index (χ1v) is 9.46. The van der Waals surface area contributed by atoms with E-state index < -0.39 is 0 Å². The molecule has 0 unspecified atom stereocenters. The minimum atomic E-state index is 0.238. The van der Waals surface area contributed by atoms with Crippen molar-refractivity contribution in [2.45, 2.75) is 0 Å². The standard InChI is InChI=1S/C21H12N4O2S/c26-18-4-6-23-21-20(18)12-2-1-11(7-19(12)28-21)15-8-17-14(10-24-15)13-9-22-5-3-16(13)25(17)27/h1-10,27H,(H,23,26). The third-order valence-corrected chi connectivity index (χ3v) is 6.13. The van der Waals surface area contributed by atoms with Crippen LogP contribution in [0.5, 0.6) is 5.75 Å². The molecular formula is C21H12N4O2S. The highest BCUT2D eigenvalue weighted by atomic mass is 32.1. The van der Waals surface area contributed by atoms with Crippen LogP contribution in [0.1, 0.15) is 0 Å². The molecule has 7 heteroatoms. The van der Waals surface area contributed by atoms with E-state index >= 15 is 0 Å². The van der Waals surface area contributed by atoms with Gasteiger partial charge in [-0.3, -0.25) is 9.97 Å². The van der Waals surface area contributed by atoms with E-state index in [1.165, 1.54) is 16.1 Å². The van der Waals surface area contributed by atoms with Crippen molar-refractivity contribution in [1.29, 1.82) is 0 Å². The molecule has 2 N–H and O–H groups in total. The summed E-state index contributed by atoms with van der Waals surface area (Å²) in [6, 6.07) is 11.3. The smallest absolute Gasteiger partial charge is 0.128 e. The van der Waals surface area contributed by atoms with Crippen LogP contribution in [0.2, 0.25) is 0 Å². The molecule has 0 atom stereocenters. The molecule has 0 fully saturated rings. The number of benzene rings is 1. The normalized spacial score (nSPS) is 11.9. The summed E-state index contributed by atoms with van der Waals surface area (Å²) in [4.78, 5) is 13.9. The Bertz CT molecular complexity index is 1550. The monoisotopic (exact) mass is 384 g/mol. The second-order valence-corrected chi connectivity index (χ2v) is 7.65. The summed E-state index contributed by atoms with van der Waals surface area (Å²) in [6.07, 6.45) is 6.76. The number of fused-ring (bicyclic) bond motifs is 6. The van der Waals surface area contributed by atoms with Crippen LogP contribution in [0, 0.1) is 0 Å². The zero-order chi connectivity index (χ0) is 18.8. The fraction of sp³-hybridized carbons (Fsp3) is 0. The number of thiophene rings is 1. The molecule has 0 aliphatic heterocycles. The minimum Gasteiger partial charge on any atom is -0.507 e. The van der Waals surface area contributed by atoms with E-state index in [9.17, 15) is 10.3 Å². The zero-order valence-electron chi connectivity index (χ0n) is 14.4. The predicted octanol–water partition coefficient (Wildman–Crippen LogP) is 4.96. The summed E-state index contributed by atoms with van der Waals surface area (Å²) in [7, 11) is 0. The fourth-order valence-electron chi connectivity index (χ4n) is 3.73. The van der Waals surface area contributed by atoms with Crippen molar-refractivity contribution in [3.63, 3.8) is 0 Å². The lowest BCUT2D eigenvalue weighted by Crippen LogP contribution is -1.90. The molecule has 0 amide bonds. The molecule has 134 valence electrons. The molecule has 0 radical (unpaired) electrons. The molecule has 1 aromatic carbocycles. The van der Waals surface area contributed by atoms with E-state index in [1.807, 2.05) is 24.3 Å². The van der Waals surface area contributed by atoms with Crippen molar-refractivity contribution in [2.75, 3.05) is 0 Å². The maximum absolute atomic E-state index is 10.5. The largest absolute Gasteiger partial charge is 0.507 e. The van der Waals surface area contributed by atoms with Crippen molar-refractivity contribution in [2.24, 2.45) is 0 Å². The highest BCUT2D eigenvalue weighted by Gasteiger charge is 2.14. The van der Waals surface area contributed by atoms with E-state index in [-0.39, 0.29) is 5.75 Å². The van der Waals surface area contributed by atoms with Crippen LogP contribution in [0.3, 0.4) is 0 Å². The van der Waals surface area contributed by atoms with Gasteiger partial charge in [-0.25, -0.2) is 4.98 Å². The summed E-state index contributed by atoms with van der Waals surface area (Å²) in [5.41, 5.74) is 3.08. The van der Waals surface area contributed by atoms with Crippen molar-refractivity contribution in [3.8, 4) is 17.0 Å². The molecule has 5 aromatic heterocycles. The number of pyridine rings is 3. The molecule has 0 saturated heterocycles. The average Bonchev–Trinajstić information content (AvgIpc) is 3.24. The van der Waals surface area contributed by atoms with E-state index in [0.29, 0.717) is 11.0 Å². The molecule has 6 aromatic rings. The van der Waals surface area contributed by atoms with Gasteiger partial charge in [0.25, 0.3) is 0 Å². The zero-order valence-corrected chi connectivity index (χ0v) is 15.2. The van der Waals surface area contributed by atoms with Crippen molar-refractivity contribution in [1.82, 2.24) is 19.7 Å². The van der Waals surface area contributed by atoms with Gasteiger partial charge in [0.1, 0.15) is 10.6 Å². The van der Waals surface area contributed by atoms with Gasteiger partial charge in [-0.05, 0) is 24.3 Å². The van der Waals surface area contributed by atoms with E-state index in [1.54, 1.807) is 36.9 Å². The van der Waals surface area contributed by atoms with E-state index in [4.69, 9.17) is 0 Å². The van der Waals surface area contributed by atoms with Gasteiger partial charge in [0, 0.05) is 51.2 Å². The molecule has 0 bridgehead atoms. The molecular weight excluding hydrogens is 372 g/mol. The fourth-order valence-corrected chi connectivity index (χ4v) is 4.84. The third-order valence-electron chi connectivity index (χ3n) is 5.07. The highest BCUT2D eigenvalue weighted by Crippen LogP contribution is 2.39. The maximum atomic E-state index is 10.5. The second kappa shape index (κ2) is 5.40. The molecule has 0 aliphatic carbocycles. The number of hydrogen-bond donors (Lipinski definition) is 2. The number of hydrogen-bond acceptors (Lipinski definition) is 6. The van der Waals surface area contributed by atoms with Crippen LogP contribution in [0.25, 0.3) is 53.4 Å². The van der Waals surface area contributed by atoms with Crippen LogP contribution >= 0.6 is 11.3 Å². The number of rotatable bonds is 1. The molecule has 0 spiro atoms. The van der Waals surface area contributed by atoms with Crippen LogP contribution in [0.4, 0.5) is 0 Å². The Labute approximate surface area is 161 Å². The Kier molecular flexibility index (Phi) is 2.96. The van der Waals surface area contributed by atoms with Crippen LogP contribution in [0.15, 0.2) is 61.2 Å². The maximum Gasteiger partial charge on any atom is 0.128 e. The first-order valence-electron chi connectivity index (χ1n) is 8.65. The number of aromatic nitrogens is 4. The summed E-state index contributed by atoms with van der Waals surface area (Å²) in [6.45, 7) is 0. The van der Waals surface area contributed by atoms with Gasteiger partial charge in [0.15, 0.2) is 0 Å². The van der Waals surface area contributed by atoms with E-state index in [2.05, 4.69) is 15.0 Å². The molecule has 0 saturated carbocycles. The van der Waals surface area contributed by atoms with Gasteiger partial charge in [0.2, 0.25) is 0 Å². The average molecular weight is 384 g/mol. The third kappa shape index (κ3) is 1.99. The molecule has 6 rings (SSSR count). The summed E-state index contributed by atoms with van der Waals surface area (Å²) >= 11 is 1.53. The minimum absolute atomic E-state index is 0.238. The van der Waals surface area contributed by atoms with Crippen LogP contribution < -0.4 is 0 Å². The van der Waals surface area contributed by atoms with Crippen molar-refractivity contribution >= 4 is 53.4 Å². The Morgan fingerprint density at radius 2 is 1.75 bits per heavy atom. The first kappa shape index (κ1) is 15.4. The Morgan fingerprint density at radius 1 is 0.857 bits per heavy atom. The number of aromatic hydroxyl groups is 1. The number of nitrogens with zero attached hydrogens (tertiary/aromatic N) is 4. The molecule has 0 aliphatic rings. The SMILES string of the molecule is Oc1ccnc2sc3cc(-c4cc5c(cn4)c4cnccc4n5O)ccc3c12.